The van der Waals surface area contributed by atoms with E-state index in [1.807, 2.05) is 66.7 Å². The summed E-state index contributed by atoms with van der Waals surface area (Å²) in [5, 5.41) is 3.33. The minimum Gasteiger partial charge on any atom is -0.353 e. The van der Waals surface area contributed by atoms with Crippen LogP contribution in [-0.2, 0) is 30.4 Å². The van der Waals surface area contributed by atoms with Gasteiger partial charge < -0.3 is 5.32 Å². The third kappa shape index (κ3) is 14.3. The molecule has 1 amide bonds. The number of ketones is 4. The van der Waals surface area contributed by atoms with Gasteiger partial charge in [0.25, 0.3) is 0 Å². The molecule has 0 aliphatic heterocycles. The maximum absolute atomic E-state index is 15.5. The molecule has 7 atom stereocenters. The van der Waals surface area contributed by atoms with E-state index in [0.717, 1.165) is 87.3 Å². The van der Waals surface area contributed by atoms with E-state index in [2.05, 4.69) is 51.1 Å². The van der Waals surface area contributed by atoms with Crippen molar-refractivity contribution >= 4 is 29.0 Å². The van der Waals surface area contributed by atoms with Gasteiger partial charge in [-0.05, 0) is 124 Å². The number of allylic oxidation sites excluding steroid dienone is 5. The van der Waals surface area contributed by atoms with Gasteiger partial charge in [0.05, 0.1) is 6.42 Å². The number of amides is 1. The van der Waals surface area contributed by atoms with E-state index in [1.165, 1.54) is 13.3 Å². The predicted molar refractivity (Wildman–Crippen MR) is 252 cm³/mol. The first-order valence-electron chi connectivity index (χ1n) is 24.0. The first kappa shape index (κ1) is 48.6. The summed E-state index contributed by atoms with van der Waals surface area (Å²) in [6.07, 6.45) is 21.3. The fourth-order valence-electron chi connectivity index (χ4n) is 10.5. The molecule has 6 heteroatoms. The Hall–Kier alpha value is -4.45. The molecular weight excluding hydrogens is 767 g/mol. The maximum atomic E-state index is 15.5. The van der Waals surface area contributed by atoms with Gasteiger partial charge in [-0.15, -0.1) is 6.58 Å². The fraction of sp³-hybridized carbons (Fsp3) is 0.554. The molecule has 3 fully saturated rings. The molecule has 334 valence electrons. The molecule has 0 saturated heterocycles. The van der Waals surface area contributed by atoms with Crippen molar-refractivity contribution in [1.82, 2.24) is 5.32 Å². The first-order chi connectivity index (χ1) is 29.8. The molecule has 2 aromatic carbocycles. The van der Waals surface area contributed by atoms with E-state index in [-0.39, 0.29) is 77.6 Å². The van der Waals surface area contributed by atoms with Crippen molar-refractivity contribution in [2.75, 3.05) is 0 Å². The third-order valence-corrected chi connectivity index (χ3v) is 14.5. The number of benzene rings is 2. The Morgan fingerprint density at radius 2 is 1.53 bits per heavy atom. The number of Topliss-reactive ketones (excluding diaryl/α,β-unsaturated/α-hetero) is 4. The van der Waals surface area contributed by atoms with Gasteiger partial charge in [0.15, 0.2) is 5.78 Å². The molecule has 0 heterocycles. The van der Waals surface area contributed by atoms with E-state index in [1.54, 1.807) is 0 Å². The number of rotatable bonds is 26. The normalized spacial score (nSPS) is 21.8. The summed E-state index contributed by atoms with van der Waals surface area (Å²) < 4.78 is 0. The molecule has 3 saturated carbocycles. The van der Waals surface area contributed by atoms with Gasteiger partial charge in [0.2, 0.25) is 5.91 Å². The minimum absolute atomic E-state index is 0.0215. The lowest BCUT2D eigenvalue weighted by Crippen LogP contribution is -2.46. The molecule has 6 nitrogen and oxygen atoms in total. The summed E-state index contributed by atoms with van der Waals surface area (Å²) in [6.45, 7) is 18.6. The van der Waals surface area contributed by atoms with E-state index >= 15 is 4.79 Å². The summed E-state index contributed by atoms with van der Waals surface area (Å²) in [4.78, 5) is 68.7. The number of hydrogen-bond donors (Lipinski definition) is 1. The van der Waals surface area contributed by atoms with Crippen molar-refractivity contribution in [3.63, 3.8) is 0 Å². The van der Waals surface area contributed by atoms with Crippen LogP contribution in [0.5, 0.6) is 0 Å². The predicted octanol–water partition coefficient (Wildman–Crippen LogP) is 12.4. The number of nitrogens with one attached hydrogen (secondary N) is 1. The number of hydrogen-bond acceptors (Lipinski definition) is 5. The fourth-order valence-corrected chi connectivity index (χ4v) is 10.5. The second-order valence-electron chi connectivity index (χ2n) is 19.4. The van der Waals surface area contributed by atoms with Crippen LogP contribution >= 0.6 is 0 Å². The standard InChI is InChI=1S/C56H75NO5/c1-7-19-46(54(61)40(4)27-29-48(59)37-50(42(6)58)44-23-14-10-15-24-44)34-41(5)49-30-28-47(57-53(60)35-43-21-12-9-13-22-43)36-51(49)55(62)52(45-25-16-11-17-26-45)38-56(32-33-56)31-18-20-39(3)8-2/h8-10,12-15,18,21-24,31,39,45-47,49-52H,2,4-5,7,11,16-17,19-20,25-30,32-38H2,1,3,6H3,(H,57,60)/b31-18-/t39?,46?,47-,49+,50-,51?,52+/m1/s1. The van der Waals surface area contributed by atoms with Crippen LogP contribution < -0.4 is 5.32 Å². The summed E-state index contributed by atoms with van der Waals surface area (Å²) in [5.41, 5.74) is 3.24. The van der Waals surface area contributed by atoms with Crippen LogP contribution in [0.2, 0.25) is 0 Å². The average Bonchev–Trinajstić information content (AvgIpc) is 4.05. The zero-order valence-corrected chi connectivity index (χ0v) is 38.2. The van der Waals surface area contributed by atoms with Gasteiger partial charge in [0, 0.05) is 42.6 Å². The SMILES string of the molecule is C=CC(C)C/C=C\C1(C[C@H](C(=O)C2C[C@H](NC(=O)Cc3ccccc3)CC[C@H]2C(=C)CC(CCC)C(=O)C(=C)CCC(=O)C[C@H](C(C)=O)c2ccccc2)C2CCCCC2)CC1. The van der Waals surface area contributed by atoms with Crippen molar-refractivity contribution in [3.8, 4) is 0 Å². The van der Waals surface area contributed by atoms with Crippen LogP contribution in [0.3, 0.4) is 0 Å². The van der Waals surface area contributed by atoms with Crippen molar-refractivity contribution in [2.24, 2.45) is 40.9 Å². The van der Waals surface area contributed by atoms with Gasteiger partial charge in [-0.2, -0.15) is 0 Å². The number of carbonyl (C=O) groups excluding carboxylic acids is 5. The van der Waals surface area contributed by atoms with E-state index in [0.29, 0.717) is 48.9 Å². The van der Waals surface area contributed by atoms with Crippen molar-refractivity contribution in [3.05, 3.63) is 121 Å². The Labute approximate surface area is 373 Å². The van der Waals surface area contributed by atoms with Gasteiger partial charge in [-0.3, -0.25) is 24.0 Å². The topological polar surface area (TPSA) is 97.4 Å². The molecular formula is C56H75NO5. The summed E-state index contributed by atoms with van der Waals surface area (Å²) in [5.74, 6) is -0.321. The van der Waals surface area contributed by atoms with Crippen LogP contribution in [0, 0.1) is 40.9 Å². The van der Waals surface area contributed by atoms with Crippen molar-refractivity contribution < 1.29 is 24.0 Å². The molecule has 3 aliphatic rings. The summed E-state index contributed by atoms with van der Waals surface area (Å²) >= 11 is 0. The third-order valence-electron chi connectivity index (χ3n) is 14.5. The first-order valence-corrected chi connectivity index (χ1v) is 24.0. The molecule has 0 radical (unpaired) electrons. The summed E-state index contributed by atoms with van der Waals surface area (Å²) in [7, 11) is 0. The average molecular weight is 842 g/mol. The largest absolute Gasteiger partial charge is 0.353 e. The lowest BCUT2D eigenvalue weighted by Gasteiger charge is -2.41. The zero-order chi connectivity index (χ0) is 44.6. The molecule has 0 spiro atoms. The smallest absolute Gasteiger partial charge is 0.224 e. The lowest BCUT2D eigenvalue weighted by atomic mass is 9.64. The van der Waals surface area contributed by atoms with Crippen LogP contribution in [0.25, 0.3) is 0 Å². The van der Waals surface area contributed by atoms with Gasteiger partial charge in [0.1, 0.15) is 17.3 Å². The van der Waals surface area contributed by atoms with Crippen LogP contribution in [0.15, 0.2) is 110 Å². The molecule has 0 bridgehead atoms. The van der Waals surface area contributed by atoms with Crippen LogP contribution in [-0.4, -0.2) is 35.1 Å². The molecule has 0 aromatic heterocycles. The second kappa shape index (κ2) is 23.8. The summed E-state index contributed by atoms with van der Waals surface area (Å²) in [6, 6.07) is 19.1. The van der Waals surface area contributed by atoms with E-state index in [4.69, 9.17) is 0 Å². The Bertz CT molecular complexity index is 1880. The maximum Gasteiger partial charge on any atom is 0.224 e. The zero-order valence-electron chi connectivity index (χ0n) is 38.2. The number of carbonyl (C=O) groups is 5. The highest BCUT2D eigenvalue weighted by Gasteiger charge is 2.48. The second-order valence-corrected chi connectivity index (χ2v) is 19.4. The van der Waals surface area contributed by atoms with Gasteiger partial charge in [-0.25, -0.2) is 0 Å². The van der Waals surface area contributed by atoms with E-state index < -0.39 is 5.92 Å². The molecule has 3 aliphatic carbocycles. The molecule has 2 aromatic rings. The van der Waals surface area contributed by atoms with Crippen molar-refractivity contribution in [1.29, 1.82) is 0 Å². The molecule has 1 N–H and O–H groups in total. The Kier molecular flexibility index (Phi) is 18.7. The van der Waals surface area contributed by atoms with Gasteiger partial charge in [-0.1, -0.05) is 137 Å². The Balaban J connectivity index is 1.32. The van der Waals surface area contributed by atoms with Crippen LogP contribution in [0.4, 0.5) is 0 Å². The Morgan fingerprint density at radius 3 is 2.16 bits per heavy atom. The lowest BCUT2D eigenvalue weighted by molar-refractivity contribution is -0.133. The monoisotopic (exact) mass is 842 g/mol. The van der Waals surface area contributed by atoms with E-state index in [9.17, 15) is 19.2 Å². The van der Waals surface area contributed by atoms with Gasteiger partial charge >= 0.3 is 0 Å². The van der Waals surface area contributed by atoms with Crippen molar-refractivity contribution in [2.45, 2.75) is 155 Å². The molecule has 62 heavy (non-hydrogen) atoms. The highest BCUT2D eigenvalue weighted by atomic mass is 16.2. The minimum atomic E-state index is -0.498. The van der Waals surface area contributed by atoms with Crippen LogP contribution in [0.1, 0.15) is 153 Å². The molecule has 3 unspecified atom stereocenters. The molecule has 5 rings (SSSR count). The quantitative estimate of drug-likeness (QED) is 0.0751. The Morgan fingerprint density at radius 1 is 0.855 bits per heavy atom. The highest BCUT2D eigenvalue weighted by molar-refractivity contribution is 5.98. The highest BCUT2D eigenvalue weighted by Crippen LogP contribution is 2.55.